The van der Waals surface area contributed by atoms with Gasteiger partial charge in [-0.05, 0) is 25.5 Å². The zero-order valence-electron chi connectivity index (χ0n) is 11.9. The molecule has 2 atom stereocenters. The average molecular weight is 273 g/mol. The van der Waals surface area contributed by atoms with Crippen molar-refractivity contribution >= 4 is 25.6 Å². The summed E-state index contributed by atoms with van der Waals surface area (Å²) in [5.41, 5.74) is 0.258. The quantitative estimate of drug-likeness (QED) is 0.613. The maximum Gasteiger partial charge on any atom is 0.240 e. The van der Waals surface area contributed by atoms with Crippen LogP contribution in [0.15, 0.2) is 30.3 Å². The Hall–Kier alpha value is -1.42. The maximum atomic E-state index is 12.9. The molecule has 0 unspecified atom stereocenters. The highest BCUT2D eigenvalue weighted by Crippen LogP contribution is 2.79. The van der Waals surface area contributed by atoms with Crippen molar-refractivity contribution in [2.45, 2.75) is 38.0 Å². The van der Waals surface area contributed by atoms with Crippen molar-refractivity contribution in [3.63, 3.8) is 0 Å². The van der Waals surface area contributed by atoms with Crippen molar-refractivity contribution in [2.24, 2.45) is 5.41 Å². The predicted octanol–water partition coefficient (Wildman–Crippen LogP) is 3.05. The number of nitrogens with zero attached hydrogens (tertiary/aromatic N) is 1. The first-order valence-electron chi connectivity index (χ1n) is 6.70. The third-order valence-electron chi connectivity index (χ3n) is 4.97. The number of amides is 2. The lowest BCUT2D eigenvalue weighted by Crippen LogP contribution is -2.41. The summed E-state index contributed by atoms with van der Waals surface area (Å²) in [5, 5.41) is -0.382. The Labute approximate surface area is 114 Å². The normalized spacial score (nSPS) is 33.6. The van der Waals surface area contributed by atoms with Gasteiger partial charge in [-0.25, -0.2) is 4.90 Å². The molecule has 2 aliphatic rings. The van der Waals surface area contributed by atoms with E-state index in [4.69, 9.17) is 0 Å². The van der Waals surface area contributed by atoms with E-state index in [0.29, 0.717) is 5.69 Å². The molecule has 0 bridgehead atoms. The lowest BCUT2D eigenvalue weighted by atomic mass is 10.1. The molecule has 3 rings (SSSR count). The standard InChI is InChI=1S/C15H19NO2Si/c1-14-10-15(14,19(2,3)4)13(18)16(12(14)17)11-8-6-5-7-9-11/h5-9H,10H2,1-4H3/t14-,15-/m0/s1. The van der Waals surface area contributed by atoms with E-state index >= 15 is 0 Å². The highest BCUT2D eigenvalue weighted by atomic mass is 28.3. The number of hydrogen-bond acceptors (Lipinski definition) is 2. The largest absolute Gasteiger partial charge is 0.274 e. The number of rotatable bonds is 2. The summed E-state index contributed by atoms with van der Waals surface area (Å²) in [6.07, 6.45) is 0.747. The summed E-state index contributed by atoms with van der Waals surface area (Å²) < 4.78 is 0. The maximum absolute atomic E-state index is 12.9. The fraction of sp³-hybridized carbons (Fsp3) is 0.467. The number of para-hydroxylation sites is 1. The Morgan fingerprint density at radius 2 is 1.63 bits per heavy atom. The topological polar surface area (TPSA) is 37.4 Å². The van der Waals surface area contributed by atoms with Gasteiger partial charge in [-0.2, -0.15) is 0 Å². The molecule has 0 aromatic heterocycles. The molecular formula is C15H19NO2Si. The molecule has 0 spiro atoms. The smallest absolute Gasteiger partial charge is 0.240 e. The van der Waals surface area contributed by atoms with E-state index in [0.717, 1.165) is 6.42 Å². The molecule has 1 heterocycles. The predicted molar refractivity (Wildman–Crippen MR) is 77.7 cm³/mol. The van der Waals surface area contributed by atoms with Crippen molar-refractivity contribution in [1.29, 1.82) is 0 Å². The molecular weight excluding hydrogens is 254 g/mol. The summed E-state index contributed by atoms with van der Waals surface area (Å²) in [6, 6.07) is 9.29. The summed E-state index contributed by atoms with van der Waals surface area (Å²) >= 11 is 0. The minimum absolute atomic E-state index is 0.00822. The van der Waals surface area contributed by atoms with Crippen LogP contribution in [-0.4, -0.2) is 19.9 Å². The molecule has 1 aromatic rings. The molecule has 3 nitrogen and oxygen atoms in total. The van der Waals surface area contributed by atoms with Gasteiger partial charge in [-0.1, -0.05) is 37.8 Å². The number of hydrogen-bond donors (Lipinski definition) is 0. The average Bonchev–Trinajstić information content (AvgIpc) is 2.95. The molecule has 1 aliphatic heterocycles. The number of fused-ring (bicyclic) bond motifs is 1. The summed E-state index contributed by atoms with van der Waals surface area (Å²) in [7, 11) is -1.74. The molecule has 100 valence electrons. The van der Waals surface area contributed by atoms with E-state index in [1.807, 2.05) is 37.3 Å². The van der Waals surface area contributed by atoms with Crippen molar-refractivity contribution in [2.75, 3.05) is 4.90 Å². The van der Waals surface area contributed by atoms with Crippen LogP contribution >= 0.6 is 0 Å². The van der Waals surface area contributed by atoms with E-state index < -0.39 is 13.5 Å². The van der Waals surface area contributed by atoms with Gasteiger partial charge in [0.1, 0.15) is 0 Å². The third kappa shape index (κ3) is 1.27. The Morgan fingerprint density at radius 1 is 1.05 bits per heavy atom. The number of anilines is 1. The van der Waals surface area contributed by atoms with Gasteiger partial charge in [0.05, 0.1) is 24.2 Å². The van der Waals surface area contributed by atoms with E-state index in [9.17, 15) is 9.59 Å². The molecule has 0 N–H and O–H groups in total. The SMILES string of the molecule is C[C@@]12C[C@]1([Si](C)(C)C)C(=O)N(c1ccccc1)C2=O. The monoisotopic (exact) mass is 273 g/mol. The minimum atomic E-state index is -1.74. The van der Waals surface area contributed by atoms with Gasteiger partial charge in [0.2, 0.25) is 11.8 Å². The second kappa shape index (κ2) is 3.36. The van der Waals surface area contributed by atoms with Crippen LogP contribution in [0, 0.1) is 5.41 Å². The van der Waals surface area contributed by atoms with E-state index in [1.54, 1.807) is 0 Å². The molecule has 1 aromatic carbocycles. The molecule has 1 saturated heterocycles. The van der Waals surface area contributed by atoms with Crippen molar-refractivity contribution in [3.05, 3.63) is 30.3 Å². The minimum Gasteiger partial charge on any atom is -0.274 e. The Bertz CT molecular complexity index is 578. The first-order valence-corrected chi connectivity index (χ1v) is 10.2. The second-order valence-electron chi connectivity index (χ2n) is 6.95. The number of carbonyl (C=O) groups is 2. The van der Waals surface area contributed by atoms with Crippen LogP contribution in [0.5, 0.6) is 0 Å². The lowest BCUT2D eigenvalue weighted by Gasteiger charge is -2.27. The molecule has 4 heteroatoms. The molecule has 1 saturated carbocycles. The fourth-order valence-corrected chi connectivity index (χ4v) is 7.21. The van der Waals surface area contributed by atoms with E-state index in [1.165, 1.54) is 4.90 Å². The van der Waals surface area contributed by atoms with Crippen LogP contribution in [-0.2, 0) is 9.59 Å². The van der Waals surface area contributed by atoms with Gasteiger partial charge in [-0.15, -0.1) is 0 Å². The van der Waals surface area contributed by atoms with Gasteiger partial charge >= 0.3 is 0 Å². The van der Waals surface area contributed by atoms with Crippen LogP contribution in [0.2, 0.25) is 24.7 Å². The van der Waals surface area contributed by atoms with Gasteiger partial charge in [0.25, 0.3) is 0 Å². The molecule has 0 radical (unpaired) electrons. The van der Waals surface area contributed by atoms with Gasteiger partial charge in [0.15, 0.2) is 0 Å². The number of imide groups is 1. The molecule has 19 heavy (non-hydrogen) atoms. The van der Waals surface area contributed by atoms with Gasteiger partial charge < -0.3 is 0 Å². The Balaban J connectivity index is 2.10. The van der Waals surface area contributed by atoms with Crippen LogP contribution in [0.3, 0.4) is 0 Å². The van der Waals surface area contributed by atoms with Gasteiger partial charge in [0, 0.05) is 0 Å². The van der Waals surface area contributed by atoms with Gasteiger partial charge in [-0.3, -0.25) is 9.59 Å². The van der Waals surface area contributed by atoms with Crippen molar-refractivity contribution in [3.8, 4) is 0 Å². The lowest BCUT2D eigenvalue weighted by molar-refractivity contribution is -0.124. The third-order valence-corrected chi connectivity index (χ3v) is 8.48. The van der Waals surface area contributed by atoms with E-state index in [2.05, 4.69) is 19.6 Å². The first-order chi connectivity index (χ1) is 8.76. The highest BCUT2D eigenvalue weighted by molar-refractivity contribution is 6.85. The fourth-order valence-electron chi connectivity index (χ4n) is 3.81. The van der Waals surface area contributed by atoms with Crippen LogP contribution in [0.25, 0.3) is 0 Å². The second-order valence-corrected chi connectivity index (χ2v) is 12.3. The van der Waals surface area contributed by atoms with Crippen LogP contribution in [0.1, 0.15) is 13.3 Å². The van der Waals surface area contributed by atoms with Crippen molar-refractivity contribution < 1.29 is 9.59 Å². The molecule has 1 aliphatic carbocycles. The van der Waals surface area contributed by atoms with Crippen LogP contribution in [0.4, 0.5) is 5.69 Å². The van der Waals surface area contributed by atoms with Crippen molar-refractivity contribution in [1.82, 2.24) is 0 Å². The number of benzene rings is 1. The molecule has 2 fully saturated rings. The van der Waals surface area contributed by atoms with Crippen LogP contribution < -0.4 is 4.90 Å². The van der Waals surface area contributed by atoms with E-state index in [-0.39, 0.29) is 16.9 Å². The summed E-state index contributed by atoms with van der Waals surface area (Å²) in [4.78, 5) is 26.9. The highest BCUT2D eigenvalue weighted by Gasteiger charge is 2.83. The Morgan fingerprint density at radius 3 is 2.11 bits per heavy atom. The molecule has 2 amide bonds. The zero-order chi connectivity index (χ0) is 14.1. The number of piperidine rings is 1. The number of carbonyl (C=O) groups excluding carboxylic acids is 2. The summed E-state index contributed by atoms with van der Waals surface area (Å²) in [6.45, 7) is 8.54. The summed E-state index contributed by atoms with van der Waals surface area (Å²) in [5.74, 6) is 0.0245. The first kappa shape index (κ1) is 12.6. The Kier molecular flexibility index (Phi) is 2.23. The zero-order valence-corrected chi connectivity index (χ0v) is 12.9.